The molecule has 0 heterocycles. The van der Waals surface area contributed by atoms with E-state index < -0.39 is 0 Å². The van der Waals surface area contributed by atoms with Crippen molar-refractivity contribution in [1.29, 1.82) is 5.26 Å². The molecule has 0 saturated carbocycles. The van der Waals surface area contributed by atoms with E-state index in [0.29, 0.717) is 10.6 Å². The van der Waals surface area contributed by atoms with Gasteiger partial charge in [0.1, 0.15) is 6.54 Å². The second kappa shape index (κ2) is 5.70. The van der Waals surface area contributed by atoms with Gasteiger partial charge in [-0.3, -0.25) is 4.79 Å². The van der Waals surface area contributed by atoms with E-state index in [2.05, 4.69) is 0 Å². The van der Waals surface area contributed by atoms with Crippen LogP contribution >= 0.6 is 11.6 Å². The number of hydrogen-bond acceptors (Lipinski definition) is 2. The lowest BCUT2D eigenvalue weighted by molar-refractivity contribution is 0.0731. The maximum atomic E-state index is 12.2. The molecule has 0 aromatic heterocycles. The molecule has 0 unspecified atom stereocenters. The summed E-state index contributed by atoms with van der Waals surface area (Å²) >= 11 is 5.92. The maximum Gasteiger partial charge on any atom is 0.255 e. The Hall–Kier alpha value is -1.53. The maximum absolute atomic E-state index is 12.2. The number of amides is 1. The van der Waals surface area contributed by atoms with Crippen molar-refractivity contribution in [2.24, 2.45) is 0 Å². The van der Waals surface area contributed by atoms with Gasteiger partial charge in [0.15, 0.2) is 0 Å². The van der Waals surface area contributed by atoms with Gasteiger partial charge < -0.3 is 4.90 Å². The first-order chi connectivity index (χ1) is 7.95. The number of hydrogen-bond donors (Lipinski definition) is 0. The molecule has 0 fully saturated rings. The number of carbonyl (C=O) groups excluding carboxylic acids is 1. The fourth-order valence-electron chi connectivity index (χ4n) is 1.59. The summed E-state index contributed by atoms with van der Waals surface area (Å²) in [5, 5.41) is 9.26. The Morgan fingerprint density at radius 2 is 2.12 bits per heavy atom. The summed E-state index contributed by atoms with van der Waals surface area (Å²) in [5.74, 6) is -0.160. The molecule has 3 nitrogen and oxygen atoms in total. The molecule has 4 heteroatoms. The predicted molar refractivity (Wildman–Crippen MR) is 68.0 cm³/mol. The third-order valence-corrected chi connectivity index (χ3v) is 2.63. The fraction of sp³-hybridized carbons (Fsp3) is 0.385. The van der Waals surface area contributed by atoms with Crippen molar-refractivity contribution in [2.45, 2.75) is 26.8 Å². The zero-order valence-corrected chi connectivity index (χ0v) is 11.0. The van der Waals surface area contributed by atoms with Gasteiger partial charge in [-0.1, -0.05) is 11.6 Å². The minimum Gasteiger partial charge on any atom is -0.323 e. The van der Waals surface area contributed by atoms with Crippen LogP contribution in [-0.2, 0) is 0 Å². The Labute approximate surface area is 107 Å². The number of benzene rings is 1. The van der Waals surface area contributed by atoms with Crippen LogP contribution in [0, 0.1) is 18.3 Å². The molecule has 1 rings (SSSR count). The van der Waals surface area contributed by atoms with Crippen molar-refractivity contribution in [1.82, 2.24) is 4.90 Å². The molecule has 0 N–H and O–H groups in total. The molecule has 1 amide bonds. The summed E-state index contributed by atoms with van der Waals surface area (Å²) in [4.78, 5) is 13.7. The van der Waals surface area contributed by atoms with E-state index >= 15 is 0 Å². The van der Waals surface area contributed by atoms with Crippen LogP contribution in [-0.4, -0.2) is 23.4 Å². The molecule has 17 heavy (non-hydrogen) atoms. The van der Waals surface area contributed by atoms with Crippen LogP contribution in [0.1, 0.15) is 29.8 Å². The van der Waals surface area contributed by atoms with Crippen molar-refractivity contribution in [3.05, 3.63) is 34.3 Å². The molecular formula is C13H15ClN2O. The average molecular weight is 251 g/mol. The number of carbonyl (C=O) groups is 1. The Kier molecular flexibility index (Phi) is 4.53. The van der Waals surface area contributed by atoms with E-state index in [1.807, 2.05) is 26.8 Å². The number of rotatable bonds is 3. The van der Waals surface area contributed by atoms with Crippen LogP contribution in [0.4, 0.5) is 0 Å². The topological polar surface area (TPSA) is 44.1 Å². The zero-order chi connectivity index (χ0) is 13.0. The highest BCUT2D eigenvalue weighted by atomic mass is 35.5. The third kappa shape index (κ3) is 3.47. The average Bonchev–Trinajstić information content (AvgIpc) is 2.23. The highest BCUT2D eigenvalue weighted by molar-refractivity contribution is 6.31. The molecule has 0 atom stereocenters. The summed E-state index contributed by atoms with van der Waals surface area (Å²) in [6, 6.07) is 7.19. The normalized spacial score (nSPS) is 10.1. The van der Waals surface area contributed by atoms with E-state index in [9.17, 15) is 4.79 Å². The molecule has 0 spiro atoms. The van der Waals surface area contributed by atoms with Gasteiger partial charge in [0.25, 0.3) is 5.91 Å². The van der Waals surface area contributed by atoms with E-state index in [0.717, 1.165) is 5.56 Å². The van der Waals surface area contributed by atoms with Crippen molar-refractivity contribution in [3.63, 3.8) is 0 Å². The number of halogens is 1. The highest BCUT2D eigenvalue weighted by Crippen LogP contribution is 2.17. The fourth-order valence-corrected chi connectivity index (χ4v) is 1.88. The van der Waals surface area contributed by atoms with Gasteiger partial charge in [0.05, 0.1) is 6.07 Å². The number of nitriles is 1. The molecule has 0 radical (unpaired) electrons. The zero-order valence-electron chi connectivity index (χ0n) is 10.2. The Balaban J connectivity index is 3.05. The molecule has 90 valence electrons. The first-order valence-corrected chi connectivity index (χ1v) is 5.78. The Morgan fingerprint density at radius 3 is 2.59 bits per heavy atom. The van der Waals surface area contributed by atoms with Crippen molar-refractivity contribution < 1.29 is 4.79 Å². The monoisotopic (exact) mass is 250 g/mol. The summed E-state index contributed by atoms with van der Waals surface area (Å²) < 4.78 is 0. The largest absolute Gasteiger partial charge is 0.323 e. The molecular weight excluding hydrogens is 236 g/mol. The second-order valence-corrected chi connectivity index (χ2v) is 4.64. The molecule has 1 aromatic carbocycles. The quantitative estimate of drug-likeness (QED) is 0.774. The van der Waals surface area contributed by atoms with Crippen LogP contribution in [0.2, 0.25) is 5.02 Å². The van der Waals surface area contributed by atoms with Gasteiger partial charge in [0.2, 0.25) is 0 Å². The van der Waals surface area contributed by atoms with Gasteiger partial charge >= 0.3 is 0 Å². The molecule has 0 bridgehead atoms. The van der Waals surface area contributed by atoms with E-state index in [1.54, 1.807) is 18.2 Å². The Bertz CT molecular complexity index is 443. The van der Waals surface area contributed by atoms with Gasteiger partial charge in [-0.15, -0.1) is 0 Å². The van der Waals surface area contributed by atoms with Gasteiger partial charge in [0, 0.05) is 16.6 Å². The molecule has 1 aromatic rings. The third-order valence-electron chi connectivity index (χ3n) is 2.41. The molecule has 0 aliphatic heterocycles. The second-order valence-electron chi connectivity index (χ2n) is 4.20. The smallest absolute Gasteiger partial charge is 0.255 e. The van der Waals surface area contributed by atoms with E-state index in [-0.39, 0.29) is 18.5 Å². The van der Waals surface area contributed by atoms with Gasteiger partial charge in [-0.25, -0.2) is 0 Å². The summed E-state index contributed by atoms with van der Waals surface area (Å²) in [7, 11) is 0. The van der Waals surface area contributed by atoms with Crippen LogP contribution in [0.3, 0.4) is 0 Å². The lowest BCUT2D eigenvalue weighted by atomic mass is 10.1. The minimum absolute atomic E-state index is 0.0126. The summed E-state index contributed by atoms with van der Waals surface area (Å²) in [6.07, 6.45) is 0. The van der Waals surface area contributed by atoms with E-state index in [1.165, 1.54) is 4.90 Å². The lowest BCUT2D eigenvalue weighted by Gasteiger charge is -2.24. The molecule has 0 saturated heterocycles. The van der Waals surface area contributed by atoms with Gasteiger partial charge in [-0.2, -0.15) is 5.26 Å². The van der Waals surface area contributed by atoms with Crippen LogP contribution in [0.15, 0.2) is 18.2 Å². The first kappa shape index (κ1) is 13.5. The van der Waals surface area contributed by atoms with Crippen LogP contribution in [0.25, 0.3) is 0 Å². The summed E-state index contributed by atoms with van der Waals surface area (Å²) in [5.41, 5.74) is 1.46. The Morgan fingerprint density at radius 1 is 1.47 bits per heavy atom. The SMILES string of the molecule is Cc1cc(Cl)cc(C(=O)N(CC#N)C(C)C)c1. The van der Waals surface area contributed by atoms with Crippen molar-refractivity contribution in [3.8, 4) is 6.07 Å². The van der Waals surface area contributed by atoms with Crippen LogP contribution < -0.4 is 0 Å². The first-order valence-electron chi connectivity index (χ1n) is 5.41. The van der Waals surface area contributed by atoms with Crippen LogP contribution in [0.5, 0.6) is 0 Å². The van der Waals surface area contributed by atoms with Crippen molar-refractivity contribution >= 4 is 17.5 Å². The van der Waals surface area contributed by atoms with E-state index in [4.69, 9.17) is 16.9 Å². The highest BCUT2D eigenvalue weighted by Gasteiger charge is 2.18. The standard InChI is InChI=1S/C13H15ClN2O/c1-9(2)16(5-4-15)13(17)11-6-10(3)7-12(14)8-11/h6-9H,5H2,1-3H3. The lowest BCUT2D eigenvalue weighted by Crippen LogP contribution is -2.37. The molecule has 0 aliphatic carbocycles. The van der Waals surface area contributed by atoms with Crippen molar-refractivity contribution in [2.75, 3.05) is 6.54 Å². The number of nitrogens with zero attached hydrogens (tertiary/aromatic N) is 2. The minimum atomic E-state index is -0.160. The summed E-state index contributed by atoms with van der Waals surface area (Å²) in [6.45, 7) is 5.73. The molecule has 0 aliphatic rings. The van der Waals surface area contributed by atoms with Gasteiger partial charge in [-0.05, 0) is 44.5 Å². The number of aryl methyl sites for hydroxylation is 1. The predicted octanol–water partition coefficient (Wildman–Crippen LogP) is 3.02.